The molecule has 0 saturated carbocycles. The molecule has 8 heteroatoms. The number of hydrogen-bond donors (Lipinski definition) is 1. The minimum atomic E-state index is -3.82. The van der Waals surface area contributed by atoms with E-state index in [1.54, 1.807) is 18.2 Å². The van der Waals surface area contributed by atoms with Gasteiger partial charge in [0.05, 0.1) is 16.3 Å². The summed E-state index contributed by atoms with van der Waals surface area (Å²) in [5.74, 6) is -0.172. The SMILES string of the molecule is CC(=O)c1cccc(S(=O)(=O)Nc2ccccc2N2CCN(CCc3ccncc3)CC2)c1. The number of para-hydroxylation sites is 2. The van der Waals surface area contributed by atoms with Gasteiger partial charge < -0.3 is 4.90 Å². The van der Waals surface area contributed by atoms with Crippen molar-refractivity contribution in [2.75, 3.05) is 42.3 Å². The van der Waals surface area contributed by atoms with Crippen LogP contribution in [0, 0.1) is 0 Å². The van der Waals surface area contributed by atoms with Gasteiger partial charge >= 0.3 is 0 Å². The Morgan fingerprint density at radius 2 is 1.70 bits per heavy atom. The van der Waals surface area contributed by atoms with Gasteiger partial charge in [-0.05, 0) is 55.3 Å². The number of aromatic nitrogens is 1. The van der Waals surface area contributed by atoms with Crippen LogP contribution in [-0.2, 0) is 16.4 Å². The lowest BCUT2D eigenvalue weighted by molar-refractivity contribution is 0.101. The topological polar surface area (TPSA) is 82.6 Å². The molecule has 1 aliphatic heterocycles. The van der Waals surface area contributed by atoms with Crippen molar-refractivity contribution < 1.29 is 13.2 Å². The van der Waals surface area contributed by atoms with Crippen molar-refractivity contribution in [3.05, 3.63) is 84.2 Å². The molecule has 0 aliphatic carbocycles. The van der Waals surface area contributed by atoms with E-state index in [0.717, 1.165) is 44.8 Å². The van der Waals surface area contributed by atoms with Crippen LogP contribution in [0.3, 0.4) is 0 Å². The van der Waals surface area contributed by atoms with Crippen molar-refractivity contribution >= 4 is 27.2 Å². The number of carbonyl (C=O) groups excluding carboxylic acids is 1. The molecular weight excluding hydrogens is 436 g/mol. The third-order valence-corrected chi connectivity index (χ3v) is 7.24. The Labute approximate surface area is 195 Å². The van der Waals surface area contributed by atoms with E-state index in [0.29, 0.717) is 11.3 Å². The summed E-state index contributed by atoms with van der Waals surface area (Å²) in [5.41, 5.74) is 3.05. The summed E-state index contributed by atoms with van der Waals surface area (Å²) in [7, 11) is -3.82. The Balaban J connectivity index is 1.43. The third kappa shape index (κ3) is 5.77. The zero-order valence-corrected chi connectivity index (χ0v) is 19.5. The van der Waals surface area contributed by atoms with Gasteiger partial charge in [0.15, 0.2) is 5.78 Å². The number of nitrogens with zero attached hydrogens (tertiary/aromatic N) is 3. The maximum Gasteiger partial charge on any atom is 0.261 e. The molecule has 4 rings (SSSR count). The number of Topliss-reactive ketones (excluding diaryl/α,β-unsaturated/α-hetero) is 1. The summed E-state index contributed by atoms with van der Waals surface area (Å²) in [4.78, 5) is 20.5. The predicted molar refractivity (Wildman–Crippen MR) is 130 cm³/mol. The van der Waals surface area contributed by atoms with Crippen molar-refractivity contribution in [2.24, 2.45) is 0 Å². The van der Waals surface area contributed by atoms with E-state index in [1.807, 2.05) is 42.7 Å². The average molecular weight is 465 g/mol. The second-order valence-electron chi connectivity index (χ2n) is 8.14. The molecule has 2 aromatic carbocycles. The zero-order valence-electron chi connectivity index (χ0n) is 18.6. The van der Waals surface area contributed by atoms with Crippen LogP contribution >= 0.6 is 0 Å². The minimum absolute atomic E-state index is 0.0749. The predicted octanol–water partition coefficient (Wildman–Crippen LogP) is 3.45. The first-order valence-electron chi connectivity index (χ1n) is 11.0. The molecule has 1 aliphatic rings. The second kappa shape index (κ2) is 10.1. The normalized spacial score (nSPS) is 14.8. The summed E-state index contributed by atoms with van der Waals surface area (Å²) in [5, 5.41) is 0. The maximum atomic E-state index is 13.0. The smallest absolute Gasteiger partial charge is 0.261 e. The summed E-state index contributed by atoms with van der Waals surface area (Å²) in [6, 6.07) is 17.7. The quantitative estimate of drug-likeness (QED) is 0.514. The number of ketones is 1. The Morgan fingerprint density at radius 3 is 2.42 bits per heavy atom. The lowest BCUT2D eigenvalue weighted by atomic mass is 10.1. The molecular formula is C25H28N4O3S. The first kappa shape index (κ1) is 22.9. The molecule has 3 aromatic rings. The lowest BCUT2D eigenvalue weighted by Gasteiger charge is -2.37. The van der Waals surface area contributed by atoms with Crippen molar-refractivity contribution in [2.45, 2.75) is 18.2 Å². The molecule has 1 saturated heterocycles. The van der Waals surface area contributed by atoms with Crippen LogP contribution in [0.1, 0.15) is 22.8 Å². The van der Waals surface area contributed by atoms with E-state index in [9.17, 15) is 13.2 Å². The summed E-state index contributed by atoms with van der Waals surface area (Å²) < 4.78 is 28.8. The van der Waals surface area contributed by atoms with Gasteiger partial charge in [-0.25, -0.2) is 8.42 Å². The third-order valence-electron chi connectivity index (χ3n) is 5.88. The number of nitrogens with one attached hydrogen (secondary N) is 1. The first-order chi connectivity index (χ1) is 15.9. The van der Waals surface area contributed by atoms with Gasteiger partial charge in [0, 0.05) is 50.7 Å². The number of rotatable bonds is 8. The van der Waals surface area contributed by atoms with Gasteiger partial charge in [-0.2, -0.15) is 0 Å². The highest BCUT2D eigenvalue weighted by Crippen LogP contribution is 2.29. The number of anilines is 2. The van der Waals surface area contributed by atoms with E-state index in [4.69, 9.17) is 0 Å². The van der Waals surface area contributed by atoms with Gasteiger partial charge in [0.1, 0.15) is 0 Å². The van der Waals surface area contributed by atoms with Gasteiger partial charge in [0.25, 0.3) is 10.0 Å². The number of pyridine rings is 1. The second-order valence-corrected chi connectivity index (χ2v) is 9.82. The minimum Gasteiger partial charge on any atom is -0.367 e. The van der Waals surface area contributed by atoms with E-state index < -0.39 is 10.0 Å². The molecule has 33 heavy (non-hydrogen) atoms. The Hall–Kier alpha value is -3.23. The van der Waals surface area contributed by atoms with Crippen LogP contribution in [0.25, 0.3) is 0 Å². The van der Waals surface area contributed by atoms with Crippen molar-refractivity contribution in [1.82, 2.24) is 9.88 Å². The highest BCUT2D eigenvalue weighted by atomic mass is 32.2. The van der Waals surface area contributed by atoms with Crippen LogP contribution in [0.2, 0.25) is 0 Å². The number of piperazine rings is 1. The largest absolute Gasteiger partial charge is 0.367 e. The summed E-state index contributed by atoms with van der Waals surface area (Å²) in [6.45, 7) is 5.85. The van der Waals surface area contributed by atoms with Gasteiger partial charge in [-0.3, -0.25) is 19.4 Å². The molecule has 2 heterocycles. The summed E-state index contributed by atoms with van der Waals surface area (Å²) in [6.07, 6.45) is 4.63. The van der Waals surface area contributed by atoms with E-state index in [2.05, 4.69) is 19.5 Å². The molecule has 1 fully saturated rings. The molecule has 0 amide bonds. The molecule has 0 spiro atoms. The molecule has 0 radical (unpaired) electrons. The number of sulfonamides is 1. The van der Waals surface area contributed by atoms with Crippen LogP contribution in [0.5, 0.6) is 0 Å². The monoisotopic (exact) mass is 464 g/mol. The highest BCUT2D eigenvalue weighted by Gasteiger charge is 2.22. The fourth-order valence-corrected chi connectivity index (χ4v) is 5.09. The van der Waals surface area contributed by atoms with Crippen LogP contribution in [0.15, 0.2) is 78.0 Å². The standard InChI is InChI=1S/C25H28N4O3S/c1-20(30)22-5-4-6-23(19-22)33(31,32)27-24-7-2-3-8-25(24)29-17-15-28(16-18-29)14-11-21-9-12-26-13-10-21/h2-10,12-13,19,27H,11,14-18H2,1H3. The van der Waals surface area contributed by atoms with Gasteiger partial charge in [-0.1, -0.05) is 24.3 Å². The van der Waals surface area contributed by atoms with Gasteiger partial charge in [-0.15, -0.1) is 0 Å². The van der Waals surface area contributed by atoms with Crippen molar-refractivity contribution in [3.8, 4) is 0 Å². The molecule has 7 nitrogen and oxygen atoms in total. The van der Waals surface area contributed by atoms with Crippen molar-refractivity contribution in [1.29, 1.82) is 0 Å². The van der Waals surface area contributed by atoms with E-state index in [-0.39, 0.29) is 10.7 Å². The number of benzene rings is 2. The Bertz CT molecular complexity index is 1210. The number of hydrogen-bond acceptors (Lipinski definition) is 6. The van der Waals surface area contributed by atoms with Crippen LogP contribution < -0.4 is 9.62 Å². The van der Waals surface area contributed by atoms with Crippen LogP contribution in [-0.4, -0.2) is 56.8 Å². The lowest BCUT2D eigenvalue weighted by Crippen LogP contribution is -2.47. The maximum absolute atomic E-state index is 13.0. The van der Waals surface area contributed by atoms with Gasteiger partial charge in [0.2, 0.25) is 0 Å². The highest BCUT2D eigenvalue weighted by molar-refractivity contribution is 7.92. The first-order valence-corrected chi connectivity index (χ1v) is 12.5. The molecule has 0 atom stereocenters. The Morgan fingerprint density at radius 1 is 0.970 bits per heavy atom. The molecule has 172 valence electrons. The molecule has 0 unspecified atom stereocenters. The average Bonchev–Trinajstić information content (AvgIpc) is 2.84. The van der Waals surface area contributed by atoms with E-state index in [1.165, 1.54) is 24.6 Å². The fourth-order valence-electron chi connectivity index (χ4n) is 3.97. The molecule has 1 N–H and O–H groups in total. The van der Waals surface area contributed by atoms with Crippen LogP contribution in [0.4, 0.5) is 11.4 Å². The fraction of sp³-hybridized carbons (Fsp3) is 0.280. The molecule has 1 aromatic heterocycles. The zero-order chi connectivity index (χ0) is 23.3. The number of carbonyl (C=O) groups is 1. The molecule has 0 bridgehead atoms. The summed E-state index contributed by atoms with van der Waals surface area (Å²) >= 11 is 0. The Kier molecular flexibility index (Phi) is 7.05. The van der Waals surface area contributed by atoms with Crippen molar-refractivity contribution in [3.63, 3.8) is 0 Å². The van der Waals surface area contributed by atoms with E-state index >= 15 is 0 Å².